The number of imidazole rings is 1. The van der Waals surface area contributed by atoms with E-state index in [2.05, 4.69) is 37.8 Å². The number of aryl methyl sites for hydroxylation is 1. The van der Waals surface area contributed by atoms with Gasteiger partial charge in [0.1, 0.15) is 17.5 Å². The van der Waals surface area contributed by atoms with E-state index in [9.17, 15) is 9.18 Å². The Morgan fingerprint density at radius 2 is 2.00 bits per heavy atom. The standard InChI is InChI=1S/C24H35FN10O3/c1-14-9-26-20-19(27-18-13-34(30-21(18)37-6)15-7-8-32(5)10-15)29-22(31-35(14)20)33-11-16(25)17(12-33)28-23(36)38-24(2,3)4/h9,13,15-17H,7-8,10-12H2,1-6H3,(H,28,36)(H,27,29,31)/t15-,16+,17+/m0/s1. The zero-order valence-electron chi connectivity index (χ0n) is 22.6. The number of anilines is 3. The van der Waals surface area contributed by atoms with Crippen LogP contribution in [0.4, 0.5) is 26.6 Å². The fourth-order valence-corrected chi connectivity index (χ4v) is 4.77. The van der Waals surface area contributed by atoms with Gasteiger partial charge in [0, 0.05) is 13.1 Å². The third kappa shape index (κ3) is 5.30. The fourth-order valence-electron chi connectivity index (χ4n) is 4.77. The normalized spacial score (nSPS) is 22.3. The third-order valence-corrected chi connectivity index (χ3v) is 6.64. The van der Waals surface area contributed by atoms with Crippen LogP contribution in [0.5, 0.6) is 5.88 Å². The van der Waals surface area contributed by atoms with Crippen LogP contribution in [0, 0.1) is 6.92 Å². The average Bonchev–Trinajstić information content (AvgIpc) is 3.61. The topological polar surface area (TPSA) is 127 Å². The van der Waals surface area contributed by atoms with E-state index < -0.39 is 23.9 Å². The molecule has 0 spiro atoms. The lowest BCUT2D eigenvalue weighted by Gasteiger charge is -2.22. The lowest BCUT2D eigenvalue weighted by molar-refractivity contribution is 0.0490. The van der Waals surface area contributed by atoms with Gasteiger partial charge in [-0.15, -0.1) is 10.2 Å². The first-order valence-corrected chi connectivity index (χ1v) is 12.7. The Bertz CT molecular complexity index is 1320. The van der Waals surface area contributed by atoms with Gasteiger partial charge in [-0.25, -0.2) is 18.7 Å². The number of halogens is 1. The Morgan fingerprint density at radius 3 is 2.68 bits per heavy atom. The van der Waals surface area contributed by atoms with Crippen molar-refractivity contribution in [3.63, 3.8) is 0 Å². The monoisotopic (exact) mass is 530 g/mol. The predicted molar refractivity (Wildman–Crippen MR) is 139 cm³/mol. The number of fused-ring (bicyclic) bond motifs is 1. The largest absolute Gasteiger partial charge is 0.478 e. The molecule has 14 heteroatoms. The predicted octanol–water partition coefficient (Wildman–Crippen LogP) is 2.31. The summed E-state index contributed by atoms with van der Waals surface area (Å²) < 4.78 is 29.4. The molecule has 0 aliphatic carbocycles. The van der Waals surface area contributed by atoms with E-state index in [-0.39, 0.29) is 19.1 Å². The van der Waals surface area contributed by atoms with E-state index >= 15 is 0 Å². The van der Waals surface area contributed by atoms with Crippen molar-refractivity contribution in [1.29, 1.82) is 0 Å². The van der Waals surface area contributed by atoms with E-state index in [1.807, 2.05) is 17.8 Å². The summed E-state index contributed by atoms with van der Waals surface area (Å²) in [6.07, 6.45) is 2.63. The van der Waals surface area contributed by atoms with Crippen molar-refractivity contribution in [3.8, 4) is 5.88 Å². The molecule has 0 radical (unpaired) electrons. The molecule has 0 saturated carbocycles. The van der Waals surface area contributed by atoms with Crippen LogP contribution in [0.15, 0.2) is 12.4 Å². The number of rotatable bonds is 6. The number of nitrogens with one attached hydrogen (secondary N) is 2. The lowest BCUT2D eigenvalue weighted by Crippen LogP contribution is -2.44. The molecule has 38 heavy (non-hydrogen) atoms. The zero-order chi connectivity index (χ0) is 27.2. The molecule has 0 unspecified atom stereocenters. The smallest absolute Gasteiger partial charge is 0.408 e. The highest BCUT2D eigenvalue weighted by molar-refractivity contribution is 5.73. The van der Waals surface area contributed by atoms with Crippen LogP contribution in [0.1, 0.15) is 38.9 Å². The van der Waals surface area contributed by atoms with Crippen molar-refractivity contribution in [2.75, 3.05) is 50.6 Å². The van der Waals surface area contributed by atoms with Crippen LogP contribution in [-0.2, 0) is 4.74 Å². The molecule has 5 heterocycles. The second-order valence-electron chi connectivity index (χ2n) is 10.9. The quantitative estimate of drug-likeness (QED) is 0.490. The van der Waals surface area contributed by atoms with Crippen molar-refractivity contribution in [2.24, 2.45) is 0 Å². The van der Waals surface area contributed by atoms with Crippen LogP contribution in [0.3, 0.4) is 0 Å². The van der Waals surface area contributed by atoms with E-state index in [4.69, 9.17) is 14.5 Å². The first-order valence-electron chi connectivity index (χ1n) is 12.7. The minimum atomic E-state index is -1.31. The van der Waals surface area contributed by atoms with Crippen molar-refractivity contribution in [2.45, 2.75) is 58.0 Å². The summed E-state index contributed by atoms with van der Waals surface area (Å²) in [6.45, 7) is 9.29. The van der Waals surface area contributed by atoms with Crippen molar-refractivity contribution >= 4 is 29.2 Å². The number of aromatic nitrogens is 6. The number of alkyl halides is 1. The molecular weight excluding hydrogens is 495 g/mol. The Morgan fingerprint density at radius 1 is 1.21 bits per heavy atom. The van der Waals surface area contributed by atoms with E-state index in [0.717, 1.165) is 25.2 Å². The van der Waals surface area contributed by atoms with Crippen LogP contribution in [0.25, 0.3) is 5.65 Å². The number of nitrogens with zero attached hydrogens (tertiary/aromatic N) is 8. The van der Waals surface area contributed by atoms with Gasteiger partial charge in [0.15, 0.2) is 11.5 Å². The Balaban J connectivity index is 1.40. The molecule has 0 aromatic carbocycles. The van der Waals surface area contributed by atoms with Gasteiger partial charge in [-0.1, -0.05) is 0 Å². The number of methoxy groups -OCH3 is 1. The number of likely N-dealkylation sites (N-methyl/N-ethyl adjacent to an activating group) is 1. The molecule has 206 valence electrons. The highest BCUT2D eigenvalue weighted by Crippen LogP contribution is 2.31. The summed E-state index contributed by atoms with van der Waals surface area (Å²) in [5, 5.41) is 15.2. The summed E-state index contributed by atoms with van der Waals surface area (Å²) in [7, 11) is 3.66. The van der Waals surface area contributed by atoms with Gasteiger partial charge in [0.25, 0.3) is 5.88 Å². The van der Waals surface area contributed by atoms with Gasteiger partial charge in [0.05, 0.1) is 43.8 Å². The molecule has 0 bridgehead atoms. The first-order chi connectivity index (χ1) is 18.0. The highest BCUT2D eigenvalue weighted by atomic mass is 19.1. The number of hydrogen-bond donors (Lipinski definition) is 2. The van der Waals surface area contributed by atoms with Crippen LogP contribution >= 0.6 is 0 Å². The van der Waals surface area contributed by atoms with E-state index in [0.29, 0.717) is 29.0 Å². The van der Waals surface area contributed by atoms with Gasteiger partial charge >= 0.3 is 6.09 Å². The van der Waals surface area contributed by atoms with Crippen molar-refractivity contribution in [3.05, 3.63) is 18.1 Å². The van der Waals surface area contributed by atoms with Crippen LogP contribution in [-0.4, -0.2) is 98.5 Å². The molecule has 2 fully saturated rings. The van der Waals surface area contributed by atoms with Crippen LogP contribution < -0.4 is 20.3 Å². The van der Waals surface area contributed by atoms with Gasteiger partial charge in [0.2, 0.25) is 5.95 Å². The minimum Gasteiger partial charge on any atom is -0.478 e. The average molecular weight is 531 g/mol. The molecule has 2 aliphatic rings. The second kappa shape index (κ2) is 9.89. The number of likely N-dealkylation sites (tertiary alicyclic amines) is 1. The maximum Gasteiger partial charge on any atom is 0.408 e. The molecule has 1 amide bonds. The van der Waals surface area contributed by atoms with Crippen molar-refractivity contribution in [1.82, 2.24) is 39.6 Å². The first kappa shape index (κ1) is 25.9. The van der Waals surface area contributed by atoms with Crippen LogP contribution in [0.2, 0.25) is 0 Å². The molecule has 5 rings (SSSR count). The third-order valence-electron chi connectivity index (χ3n) is 6.64. The Labute approximate surface area is 220 Å². The molecule has 3 aromatic heterocycles. The van der Waals surface area contributed by atoms with E-state index in [1.165, 1.54) is 0 Å². The molecule has 3 atom stereocenters. The molecular formula is C24H35FN10O3. The Hall–Kier alpha value is -3.68. The minimum absolute atomic E-state index is 0.0234. The van der Waals surface area contributed by atoms with Gasteiger partial charge in [-0.3, -0.25) is 4.68 Å². The van der Waals surface area contributed by atoms with Gasteiger partial charge in [-0.2, -0.15) is 4.98 Å². The molecule has 2 saturated heterocycles. The maximum absolute atomic E-state index is 14.9. The summed E-state index contributed by atoms with van der Waals surface area (Å²) in [4.78, 5) is 25.4. The zero-order valence-corrected chi connectivity index (χ0v) is 22.6. The molecule has 2 N–H and O–H groups in total. The summed E-state index contributed by atoms with van der Waals surface area (Å²) in [5.41, 5.74) is 1.28. The second-order valence-corrected chi connectivity index (χ2v) is 10.9. The molecule has 2 aliphatic heterocycles. The number of ether oxygens (including phenoxy) is 2. The van der Waals surface area contributed by atoms with Crippen molar-refractivity contribution < 1.29 is 18.7 Å². The SMILES string of the molecule is COc1nn([C@H]2CCN(C)C2)cc1Nc1nc(N2C[C@@H](F)[C@H](NC(=O)OC(C)(C)C)C2)nn2c(C)cnc12. The molecule has 13 nitrogen and oxygen atoms in total. The van der Waals surface area contributed by atoms with Gasteiger partial charge < -0.3 is 29.9 Å². The molecule has 3 aromatic rings. The summed E-state index contributed by atoms with van der Waals surface area (Å²) >= 11 is 0. The fraction of sp³-hybridized carbons (Fsp3) is 0.625. The number of alkyl carbamates (subject to hydrolysis) is 1. The van der Waals surface area contributed by atoms with E-state index in [1.54, 1.807) is 43.5 Å². The number of hydrogen-bond acceptors (Lipinski definition) is 10. The maximum atomic E-state index is 14.9. The number of amides is 1. The highest BCUT2D eigenvalue weighted by Gasteiger charge is 2.37. The van der Waals surface area contributed by atoms with Gasteiger partial charge in [-0.05, 0) is 47.7 Å². The number of carbonyl (C=O) groups excluding carboxylic acids is 1. The number of carbonyl (C=O) groups is 1. The summed E-state index contributed by atoms with van der Waals surface area (Å²) in [6, 6.07) is -0.507. The lowest BCUT2D eigenvalue weighted by atomic mass is 10.2. The summed E-state index contributed by atoms with van der Waals surface area (Å²) in [5.74, 6) is 1.18. The Kier molecular flexibility index (Phi) is 6.75.